The molecule has 0 aliphatic heterocycles. The summed E-state index contributed by atoms with van der Waals surface area (Å²) < 4.78 is 5.64. The van der Waals surface area contributed by atoms with E-state index in [1.165, 1.54) is 6.20 Å². The lowest BCUT2D eigenvalue weighted by Crippen LogP contribution is -2.11. The molecule has 2 heterocycles. The quantitative estimate of drug-likeness (QED) is 0.783. The van der Waals surface area contributed by atoms with Gasteiger partial charge in [0.15, 0.2) is 10.4 Å². The first-order valence-corrected chi connectivity index (χ1v) is 6.36. The van der Waals surface area contributed by atoms with E-state index < -0.39 is 0 Å². The maximum atomic E-state index is 11.8. The minimum Gasteiger partial charge on any atom is -0.444 e. The highest BCUT2D eigenvalue weighted by atomic mass is 79.9. The van der Waals surface area contributed by atoms with Crippen LogP contribution in [0.2, 0.25) is 0 Å². The Bertz CT molecular complexity index is 554. The number of aliphatic hydroxyl groups excluding tert-OH is 1. The zero-order valence-corrected chi connectivity index (χ0v) is 11.5. The number of nitrogens with zero attached hydrogens (tertiary/aromatic N) is 1. The number of furan rings is 1. The molecule has 0 spiro atoms. The third-order valence-corrected chi connectivity index (χ3v) is 2.66. The number of nitrogens with one attached hydrogen (secondary N) is 2. The summed E-state index contributed by atoms with van der Waals surface area (Å²) in [7, 11) is 0. The van der Waals surface area contributed by atoms with Gasteiger partial charge in [-0.3, -0.25) is 4.79 Å². The average Bonchev–Trinajstić information content (AvgIpc) is 2.85. The summed E-state index contributed by atoms with van der Waals surface area (Å²) >= 11 is 3.13. The molecule has 2 aromatic heterocycles. The molecule has 0 aromatic carbocycles. The molecule has 0 aliphatic rings. The van der Waals surface area contributed by atoms with Crippen molar-refractivity contribution in [3.05, 3.63) is 40.9 Å². The van der Waals surface area contributed by atoms with Gasteiger partial charge in [0.2, 0.25) is 0 Å². The number of carbonyl (C=O) groups excluding carboxylic acids is 1. The van der Waals surface area contributed by atoms with E-state index in [1.54, 1.807) is 24.3 Å². The number of halogens is 1. The molecule has 6 nitrogen and oxygen atoms in total. The van der Waals surface area contributed by atoms with E-state index in [0.29, 0.717) is 22.7 Å². The van der Waals surface area contributed by atoms with Crippen molar-refractivity contribution >= 4 is 33.3 Å². The lowest BCUT2D eigenvalue weighted by molar-refractivity contribution is 0.0995. The highest BCUT2D eigenvalue weighted by Gasteiger charge is 2.10. The van der Waals surface area contributed by atoms with E-state index in [0.717, 1.165) is 0 Å². The largest absolute Gasteiger partial charge is 0.444 e. The lowest BCUT2D eigenvalue weighted by atomic mass is 10.3. The van der Waals surface area contributed by atoms with Crippen LogP contribution in [0.5, 0.6) is 0 Å². The van der Waals surface area contributed by atoms with Crippen LogP contribution < -0.4 is 10.6 Å². The number of anilines is 2. The molecule has 0 unspecified atom stereocenters. The van der Waals surface area contributed by atoms with Crippen LogP contribution in [-0.2, 0) is 0 Å². The first-order chi connectivity index (χ1) is 9.19. The van der Waals surface area contributed by atoms with Crippen molar-refractivity contribution in [1.82, 2.24) is 4.98 Å². The van der Waals surface area contributed by atoms with E-state index in [4.69, 9.17) is 9.52 Å². The standard InChI is InChI=1S/C12H12BrN3O3/c13-10-3-2-9(19-10)12(18)16-8-1-4-11(15-7-8)14-5-6-17/h1-4,7,17H,5-6H2,(H,14,15)(H,16,18). The second-order valence-electron chi connectivity index (χ2n) is 3.64. The number of aromatic nitrogens is 1. The normalized spacial score (nSPS) is 10.2. The SMILES string of the molecule is O=C(Nc1ccc(NCCO)nc1)c1ccc(Br)o1. The maximum Gasteiger partial charge on any atom is 0.291 e. The number of aliphatic hydroxyl groups is 1. The molecule has 19 heavy (non-hydrogen) atoms. The molecular formula is C12H12BrN3O3. The van der Waals surface area contributed by atoms with E-state index in [-0.39, 0.29) is 18.3 Å². The zero-order chi connectivity index (χ0) is 13.7. The van der Waals surface area contributed by atoms with Crippen LogP contribution in [0.25, 0.3) is 0 Å². The first kappa shape index (κ1) is 13.6. The Balaban J connectivity index is 1.97. The Kier molecular flexibility index (Phi) is 4.53. The molecule has 3 N–H and O–H groups in total. The molecule has 1 amide bonds. The fourth-order valence-electron chi connectivity index (χ4n) is 1.39. The fourth-order valence-corrected chi connectivity index (χ4v) is 1.69. The molecule has 2 aromatic rings. The molecular weight excluding hydrogens is 314 g/mol. The van der Waals surface area contributed by atoms with Crippen LogP contribution >= 0.6 is 15.9 Å². The molecule has 0 fully saturated rings. The first-order valence-electron chi connectivity index (χ1n) is 5.56. The number of hydrogen-bond acceptors (Lipinski definition) is 5. The minimum absolute atomic E-state index is 0.0353. The summed E-state index contributed by atoms with van der Waals surface area (Å²) in [6, 6.07) is 6.64. The van der Waals surface area contributed by atoms with Crippen LogP contribution in [0.15, 0.2) is 39.5 Å². The Hall–Kier alpha value is -1.86. The number of pyridine rings is 1. The average molecular weight is 326 g/mol. The van der Waals surface area contributed by atoms with Crippen molar-refractivity contribution in [2.75, 3.05) is 23.8 Å². The van der Waals surface area contributed by atoms with E-state index >= 15 is 0 Å². The van der Waals surface area contributed by atoms with Gasteiger partial charge in [0.1, 0.15) is 5.82 Å². The summed E-state index contributed by atoms with van der Waals surface area (Å²) in [5.74, 6) is 0.505. The van der Waals surface area contributed by atoms with Gasteiger partial charge in [-0.1, -0.05) is 0 Å². The number of amides is 1. The van der Waals surface area contributed by atoms with Gasteiger partial charge < -0.3 is 20.2 Å². The van der Waals surface area contributed by atoms with Crippen LogP contribution in [0, 0.1) is 0 Å². The molecule has 0 aliphatic carbocycles. The molecule has 0 saturated carbocycles. The van der Waals surface area contributed by atoms with Crippen molar-refractivity contribution in [2.45, 2.75) is 0 Å². The van der Waals surface area contributed by atoms with Gasteiger partial charge >= 0.3 is 0 Å². The highest BCUT2D eigenvalue weighted by molar-refractivity contribution is 9.10. The van der Waals surface area contributed by atoms with Gasteiger partial charge in [-0.2, -0.15) is 0 Å². The summed E-state index contributed by atoms with van der Waals surface area (Å²) in [6.45, 7) is 0.465. The second kappa shape index (κ2) is 6.35. The molecule has 0 atom stereocenters. The summed E-state index contributed by atoms with van der Waals surface area (Å²) in [6.07, 6.45) is 1.52. The van der Waals surface area contributed by atoms with Gasteiger partial charge in [0.05, 0.1) is 18.5 Å². The number of hydrogen-bond donors (Lipinski definition) is 3. The van der Waals surface area contributed by atoms with Gasteiger partial charge in [-0.05, 0) is 40.2 Å². The van der Waals surface area contributed by atoms with Gasteiger partial charge in [-0.25, -0.2) is 4.98 Å². The van der Waals surface area contributed by atoms with E-state index in [1.807, 2.05) is 0 Å². The smallest absolute Gasteiger partial charge is 0.291 e. The maximum absolute atomic E-state index is 11.8. The number of carbonyl (C=O) groups is 1. The van der Waals surface area contributed by atoms with Crippen molar-refractivity contribution in [3.8, 4) is 0 Å². The molecule has 2 rings (SSSR count). The Labute approximate surface area is 118 Å². The summed E-state index contributed by atoms with van der Waals surface area (Å²) in [4.78, 5) is 15.9. The highest BCUT2D eigenvalue weighted by Crippen LogP contribution is 2.16. The van der Waals surface area contributed by atoms with Crippen molar-refractivity contribution in [3.63, 3.8) is 0 Å². The van der Waals surface area contributed by atoms with Crippen molar-refractivity contribution in [2.24, 2.45) is 0 Å². The number of rotatable bonds is 5. The molecule has 0 bridgehead atoms. The van der Waals surface area contributed by atoms with Gasteiger partial charge in [0.25, 0.3) is 5.91 Å². The fraction of sp³-hybridized carbons (Fsp3) is 0.167. The van der Waals surface area contributed by atoms with E-state index in [9.17, 15) is 4.79 Å². The Morgan fingerprint density at radius 3 is 2.79 bits per heavy atom. The summed E-state index contributed by atoms with van der Waals surface area (Å²) in [5, 5.41) is 14.2. The topological polar surface area (TPSA) is 87.4 Å². The monoisotopic (exact) mass is 325 g/mol. The predicted molar refractivity (Wildman–Crippen MR) is 74.2 cm³/mol. The minimum atomic E-state index is -0.344. The van der Waals surface area contributed by atoms with Crippen molar-refractivity contribution in [1.29, 1.82) is 0 Å². The molecule has 0 saturated heterocycles. The van der Waals surface area contributed by atoms with Crippen molar-refractivity contribution < 1.29 is 14.3 Å². The van der Waals surface area contributed by atoms with Crippen LogP contribution in [0.1, 0.15) is 10.6 Å². The predicted octanol–water partition coefficient (Wildman–Crippen LogP) is 2.09. The van der Waals surface area contributed by atoms with Crippen LogP contribution in [-0.4, -0.2) is 29.1 Å². The second-order valence-corrected chi connectivity index (χ2v) is 4.42. The summed E-state index contributed by atoms with van der Waals surface area (Å²) in [5.41, 5.74) is 0.562. The Morgan fingerprint density at radius 1 is 1.37 bits per heavy atom. The van der Waals surface area contributed by atoms with Gasteiger partial charge in [0, 0.05) is 6.54 Å². The Morgan fingerprint density at radius 2 is 2.21 bits per heavy atom. The molecule has 7 heteroatoms. The van der Waals surface area contributed by atoms with Crippen LogP contribution in [0.3, 0.4) is 0 Å². The lowest BCUT2D eigenvalue weighted by Gasteiger charge is -2.05. The third kappa shape index (κ3) is 3.80. The third-order valence-electron chi connectivity index (χ3n) is 2.24. The molecule has 100 valence electrons. The molecule has 0 radical (unpaired) electrons. The van der Waals surface area contributed by atoms with E-state index in [2.05, 4.69) is 31.5 Å². The van der Waals surface area contributed by atoms with Crippen LogP contribution in [0.4, 0.5) is 11.5 Å². The zero-order valence-electron chi connectivity index (χ0n) is 9.89. The van der Waals surface area contributed by atoms with Gasteiger partial charge in [-0.15, -0.1) is 0 Å².